The van der Waals surface area contributed by atoms with E-state index in [4.69, 9.17) is 11.6 Å². The van der Waals surface area contributed by atoms with Crippen molar-refractivity contribution >= 4 is 32.5 Å². The zero-order valence-corrected chi connectivity index (χ0v) is 13.4. The molecule has 116 valence electrons. The molecule has 0 amide bonds. The predicted molar refractivity (Wildman–Crippen MR) is 85.4 cm³/mol. The highest BCUT2D eigenvalue weighted by Crippen LogP contribution is 2.22. The molecule has 2 heterocycles. The molecule has 0 saturated heterocycles. The molecule has 0 aliphatic heterocycles. The SMILES string of the molecule is Cn1cc(S(=O)(=O)NCCc2c[nH]c3ccc(Cl)cc23)cn1. The number of sulfonamides is 1. The quantitative estimate of drug-likeness (QED) is 0.747. The average molecular weight is 339 g/mol. The molecule has 0 radical (unpaired) electrons. The van der Waals surface area contributed by atoms with Gasteiger partial charge in [0, 0.05) is 41.9 Å². The highest BCUT2D eigenvalue weighted by atomic mass is 35.5. The number of aromatic amines is 1. The van der Waals surface area contributed by atoms with Crippen LogP contribution in [0.15, 0.2) is 41.7 Å². The molecule has 0 atom stereocenters. The molecule has 2 N–H and O–H groups in total. The molecule has 3 rings (SSSR count). The van der Waals surface area contributed by atoms with Crippen molar-refractivity contribution in [1.82, 2.24) is 19.5 Å². The van der Waals surface area contributed by atoms with Crippen molar-refractivity contribution in [2.75, 3.05) is 6.54 Å². The van der Waals surface area contributed by atoms with Crippen LogP contribution in [-0.4, -0.2) is 29.7 Å². The van der Waals surface area contributed by atoms with E-state index in [1.54, 1.807) is 7.05 Å². The summed E-state index contributed by atoms with van der Waals surface area (Å²) in [5.41, 5.74) is 2.00. The van der Waals surface area contributed by atoms with Gasteiger partial charge in [0.25, 0.3) is 0 Å². The molecule has 22 heavy (non-hydrogen) atoms. The largest absolute Gasteiger partial charge is 0.361 e. The van der Waals surface area contributed by atoms with Gasteiger partial charge in [-0.2, -0.15) is 5.10 Å². The van der Waals surface area contributed by atoms with E-state index in [9.17, 15) is 8.42 Å². The van der Waals surface area contributed by atoms with E-state index in [1.165, 1.54) is 17.1 Å². The minimum atomic E-state index is -3.52. The van der Waals surface area contributed by atoms with Crippen LogP contribution in [0.1, 0.15) is 5.56 Å². The maximum atomic E-state index is 12.1. The van der Waals surface area contributed by atoms with Crippen molar-refractivity contribution in [2.24, 2.45) is 7.05 Å². The summed E-state index contributed by atoms with van der Waals surface area (Å²) >= 11 is 6.00. The molecule has 0 spiro atoms. The first kappa shape index (κ1) is 15.1. The molecule has 0 fully saturated rings. The summed E-state index contributed by atoms with van der Waals surface area (Å²) < 4.78 is 28.2. The van der Waals surface area contributed by atoms with Crippen LogP contribution in [-0.2, 0) is 23.5 Å². The lowest BCUT2D eigenvalue weighted by Gasteiger charge is -2.04. The Labute approximate surface area is 133 Å². The van der Waals surface area contributed by atoms with Crippen molar-refractivity contribution in [3.05, 3.63) is 47.4 Å². The van der Waals surface area contributed by atoms with Gasteiger partial charge in [-0.1, -0.05) is 11.6 Å². The summed E-state index contributed by atoms with van der Waals surface area (Å²) in [7, 11) is -1.85. The fraction of sp³-hybridized carbons (Fsp3) is 0.214. The third kappa shape index (κ3) is 3.01. The van der Waals surface area contributed by atoms with E-state index in [0.717, 1.165) is 16.5 Å². The number of benzene rings is 1. The molecule has 8 heteroatoms. The number of hydrogen-bond acceptors (Lipinski definition) is 3. The molecular formula is C14H15ClN4O2S. The van der Waals surface area contributed by atoms with Crippen molar-refractivity contribution in [2.45, 2.75) is 11.3 Å². The maximum Gasteiger partial charge on any atom is 0.243 e. The van der Waals surface area contributed by atoms with E-state index in [1.807, 2.05) is 24.4 Å². The second kappa shape index (κ2) is 5.75. The molecule has 1 aromatic carbocycles. The zero-order chi connectivity index (χ0) is 15.7. The minimum absolute atomic E-state index is 0.164. The first-order valence-corrected chi connectivity index (χ1v) is 8.56. The van der Waals surface area contributed by atoms with E-state index in [0.29, 0.717) is 18.0 Å². The number of fused-ring (bicyclic) bond motifs is 1. The Morgan fingerprint density at radius 1 is 1.41 bits per heavy atom. The van der Waals surface area contributed by atoms with Crippen LogP contribution in [0, 0.1) is 0 Å². The normalized spacial score (nSPS) is 12.1. The number of halogens is 1. The second-order valence-electron chi connectivity index (χ2n) is 5.00. The van der Waals surface area contributed by atoms with E-state index >= 15 is 0 Å². The predicted octanol–water partition coefficient (Wildman–Crippen LogP) is 2.08. The molecule has 6 nitrogen and oxygen atoms in total. The molecular weight excluding hydrogens is 324 g/mol. The van der Waals surface area contributed by atoms with Crippen molar-refractivity contribution in [3.63, 3.8) is 0 Å². The minimum Gasteiger partial charge on any atom is -0.361 e. The third-order valence-electron chi connectivity index (χ3n) is 3.41. The van der Waals surface area contributed by atoms with Crippen LogP contribution < -0.4 is 4.72 Å². The van der Waals surface area contributed by atoms with Crippen LogP contribution in [0.5, 0.6) is 0 Å². The molecule has 0 unspecified atom stereocenters. The van der Waals surface area contributed by atoms with Gasteiger partial charge in [0.2, 0.25) is 10.0 Å². The molecule has 0 aliphatic carbocycles. The third-order valence-corrected chi connectivity index (χ3v) is 5.06. The number of hydrogen-bond donors (Lipinski definition) is 2. The Bertz CT molecular complexity index is 914. The summed E-state index contributed by atoms with van der Waals surface area (Å²) in [6.45, 7) is 0.302. The lowest BCUT2D eigenvalue weighted by molar-refractivity contribution is 0.581. The van der Waals surface area contributed by atoms with Gasteiger partial charge in [0.15, 0.2) is 0 Å². The summed E-state index contributed by atoms with van der Waals surface area (Å²) in [6, 6.07) is 5.59. The van der Waals surface area contributed by atoms with Gasteiger partial charge in [-0.3, -0.25) is 4.68 Å². The van der Waals surface area contributed by atoms with Gasteiger partial charge in [-0.05, 0) is 30.2 Å². The van der Waals surface area contributed by atoms with Crippen LogP contribution in [0.4, 0.5) is 0 Å². The van der Waals surface area contributed by atoms with Gasteiger partial charge in [-0.15, -0.1) is 0 Å². The highest BCUT2D eigenvalue weighted by Gasteiger charge is 2.15. The molecule has 2 aromatic heterocycles. The summed E-state index contributed by atoms with van der Waals surface area (Å²) in [6.07, 6.45) is 5.24. The van der Waals surface area contributed by atoms with Crippen molar-refractivity contribution in [3.8, 4) is 0 Å². The number of H-pyrrole nitrogens is 1. The Morgan fingerprint density at radius 3 is 2.95 bits per heavy atom. The van der Waals surface area contributed by atoms with Gasteiger partial charge in [0.1, 0.15) is 4.90 Å². The number of aromatic nitrogens is 3. The number of nitrogens with zero attached hydrogens (tertiary/aromatic N) is 2. The Hall–Kier alpha value is -1.83. The van der Waals surface area contributed by atoms with Crippen molar-refractivity contribution in [1.29, 1.82) is 0 Å². The average Bonchev–Trinajstić information content (AvgIpc) is 3.06. The fourth-order valence-corrected chi connectivity index (χ4v) is 3.49. The van der Waals surface area contributed by atoms with E-state index in [-0.39, 0.29) is 4.90 Å². The number of rotatable bonds is 5. The van der Waals surface area contributed by atoms with E-state index < -0.39 is 10.0 Å². The lowest BCUT2D eigenvalue weighted by atomic mass is 10.1. The monoisotopic (exact) mass is 338 g/mol. The first-order chi connectivity index (χ1) is 10.5. The first-order valence-electron chi connectivity index (χ1n) is 6.69. The molecule has 0 aliphatic rings. The fourth-order valence-electron chi connectivity index (χ4n) is 2.30. The maximum absolute atomic E-state index is 12.1. The standard InChI is InChI=1S/C14H15ClN4O2S/c1-19-9-12(8-17-19)22(20,21)18-5-4-10-7-16-14-3-2-11(15)6-13(10)14/h2-3,6-9,16,18H,4-5H2,1H3. The second-order valence-corrected chi connectivity index (χ2v) is 7.20. The van der Waals surface area contributed by atoms with Crippen LogP contribution in [0.3, 0.4) is 0 Å². The highest BCUT2D eigenvalue weighted by molar-refractivity contribution is 7.89. The van der Waals surface area contributed by atoms with Gasteiger partial charge >= 0.3 is 0 Å². The van der Waals surface area contributed by atoms with Crippen LogP contribution >= 0.6 is 11.6 Å². The Kier molecular flexibility index (Phi) is 3.94. The zero-order valence-electron chi connectivity index (χ0n) is 11.9. The van der Waals surface area contributed by atoms with Gasteiger partial charge < -0.3 is 4.98 Å². The smallest absolute Gasteiger partial charge is 0.243 e. The van der Waals surface area contributed by atoms with Crippen molar-refractivity contribution < 1.29 is 8.42 Å². The topological polar surface area (TPSA) is 79.8 Å². The number of aryl methyl sites for hydroxylation is 1. The molecule has 0 bridgehead atoms. The van der Waals surface area contributed by atoms with Gasteiger partial charge in [0.05, 0.1) is 6.20 Å². The Morgan fingerprint density at radius 2 is 2.23 bits per heavy atom. The Balaban J connectivity index is 1.71. The summed E-state index contributed by atoms with van der Waals surface area (Å²) in [5.74, 6) is 0. The van der Waals surface area contributed by atoms with Crippen LogP contribution in [0.25, 0.3) is 10.9 Å². The summed E-state index contributed by atoms with van der Waals surface area (Å²) in [4.78, 5) is 3.31. The molecule has 0 saturated carbocycles. The van der Waals surface area contributed by atoms with E-state index in [2.05, 4.69) is 14.8 Å². The summed E-state index contributed by atoms with van der Waals surface area (Å²) in [5, 5.41) is 5.53. The lowest BCUT2D eigenvalue weighted by Crippen LogP contribution is -2.25. The van der Waals surface area contributed by atoms with Crippen LogP contribution in [0.2, 0.25) is 5.02 Å². The number of nitrogens with one attached hydrogen (secondary N) is 2. The molecule has 3 aromatic rings. The van der Waals surface area contributed by atoms with Gasteiger partial charge in [-0.25, -0.2) is 13.1 Å².